The fourth-order valence-electron chi connectivity index (χ4n) is 1.47. The van der Waals surface area contributed by atoms with Gasteiger partial charge in [-0.05, 0) is 23.6 Å². The maximum absolute atomic E-state index is 11.1. The van der Waals surface area contributed by atoms with Crippen LogP contribution in [-0.2, 0) is 4.79 Å². The molecule has 0 aliphatic carbocycles. The first-order valence-corrected chi connectivity index (χ1v) is 5.69. The van der Waals surface area contributed by atoms with E-state index in [0.29, 0.717) is 5.69 Å². The first-order chi connectivity index (χ1) is 7.66. The number of amides is 1. The van der Waals surface area contributed by atoms with E-state index in [1.807, 2.05) is 17.5 Å². The van der Waals surface area contributed by atoms with Crippen LogP contribution in [-0.4, -0.2) is 11.0 Å². The lowest BCUT2D eigenvalue weighted by molar-refractivity contribution is -0.114. The fourth-order valence-corrected chi connectivity index (χ4v) is 2.24. The highest BCUT2D eigenvalue weighted by Crippen LogP contribution is 2.33. The summed E-state index contributed by atoms with van der Waals surface area (Å²) in [5.41, 5.74) is 1.55. The minimum absolute atomic E-state index is 0.143. The van der Waals surface area contributed by atoms with E-state index in [1.54, 1.807) is 29.5 Å². The van der Waals surface area contributed by atoms with Crippen LogP contribution in [0, 0.1) is 0 Å². The van der Waals surface area contributed by atoms with Gasteiger partial charge < -0.3 is 10.4 Å². The third-order valence-electron chi connectivity index (χ3n) is 2.10. The molecule has 0 atom stereocenters. The number of hydrogen-bond acceptors (Lipinski definition) is 3. The quantitative estimate of drug-likeness (QED) is 0.837. The standard InChI is InChI=1S/C12H11NO2S/c1-8(14)13-11-7-9(15)4-5-10(11)12-3-2-6-16-12/h2-7,15H,1H3,(H,13,14). The molecule has 0 unspecified atom stereocenters. The van der Waals surface area contributed by atoms with Crippen molar-refractivity contribution in [1.82, 2.24) is 0 Å². The highest BCUT2D eigenvalue weighted by atomic mass is 32.1. The van der Waals surface area contributed by atoms with Gasteiger partial charge in [0.25, 0.3) is 0 Å². The Labute approximate surface area is 97.4 Å². The first kappa shape index (κ1) is 10.7. The van der Waals surface area contributed by atoms with Crippen molar-refractivity contribution in [1.29, 1.82) is 0 Å². The van der Waals surface area contributed by atoms with Crippen LogP contribution >= 0.6 is 11.3 Å². The van der Waals surface area contributed by atoms with Crippen LogP contribution in [0.1, 0.15) is 6.92 Å². The summed E-state index contributed by atoms with van der Waals surface area (Å²) in [7, 11) is 0. The number of aromatic hydroxyl groups is 1. The molecule has 2 N–H and O–H groups in total. The second-order valence-corrected chi connectivity index (χ2v) is 4.34. The van der Waals surface area contributed by atoms with Gasteiger partial charge in [0.1, 0.15) is 5.75 Å². The van der Waals surface area contributed by atoms with Crippen molar-refractivity contribution >= 4 is 22.9 Å². The van der Waals surface area contributed by atoms with Crippen molar-refractivity contribution in [2.24, 2.45) is 0 Å². The molecular formula is C12H11NO2S. The molecule has 16 heavy (non-hydrogen) atoms. The largest absolute Gasteiger partial charge is 0.508 e. The van der Waals surface area contributed by atoms with Gasteiger partial charge in [0, 0.05) is 23.4 Å². The summed E-state index contributed by atoms with van der Waals surface area (Å²) >= 11 is 1.59. The minimum Gasteiger partial charge on any atom is -0.508 e. The van der Waals surface area contributed by atoms with Crippen molar-refractivity contribution < 1.29 is 9.90 Å². The summed E-state index contributed by atoms with van der Waals surface area (Å²) in [6.45, 7) is 1.45. The number of carbonyl (C=O) groups is 1. The van der Waals surface area contributed by atoms with Crippen LogP contribution in [0.25, 0.3) is 10.4 Å². The first-order valence-electron chi connectivity index (χ1n) is 4.81. The van der Waals surface area contributed by atoms with Crippen LogP contribution in [0.5, 0.6) is 5.75 Å². The van der Waals surface area contributed by atoms with Crippen LogP contribution in [0.4, 0.5) is 5.69 Å². The Hall–Kier alpha value is -1.81. The van der Waals surface area contributed by atoms with Gasteiger partial charge in [-0.1, -0.05) is 6.07 Å². The molecule has 0 aliphatic rings. The van der Waals surface area contributed by atoms with Crippen LogP contribution in [0.15, 0.2) is 35.7 Å². The number of rotatable bonds is 2. The zero-order valence-electron chi connectivity index (χ0n) is 8.73. The molecule has 1 heterocycles. The van der Waals surface area contributed by atoms with E-state index < -0.39 is 0 Å². The molecule has 0 fully saturated rings. The zero-order chi connectivity index (χ0) is 11.5. The van der Waals surface area contributed by atoms with Crippen molar-refractivity contribution in [2.45, 2.75) is 6.92 Å². The molecule has 0 spiro atoms. The molecule has 0 radical (unpaired) electrons. The number of nitrogens with one attached hydrogen (secondary N) is 1. The van der Waals surface area contributed by atoms with Crippen molar-refractivity contribution in [3.8, 4) is 16.2 Å². The predicted octanol–water partition coefficient (Wildman–Crippen LogP) is 3.08. The normalized spacial score (nSPS) is 10.1. The molecule has 1 aromatic carbocycles. The van der Waals surface area contributed by atoms with E-state index in [1.165, 1.54) is 6.92 Å². The van der Waals surface area contributed by atoms with E-state index in [4.69, 9.17) is 0 Å². The molecule has 1 amide bonds. The molecule has 1 aromatic heterocycles. The summed E-state index contributed by atoms with van der Waals surface area (Å²) in [5.74, 6) is -0.00698. The summed E-state index contributed by atoms with van der Waals surface area (Å²) in [4.78, 5) is 12.1. The Balaban J connectivity index is 2.48. The number of phenols is 1. The number of thiophene rings is 1. The molecule has 0 saturated carbocycles. The maximum Gasteiger partial charge on any atom is 0.221 e. The smallest absolute Gasteiger partial charge is 0.221 e. The van der Waals surface area contributed by atoms with E-state index in [0.717, 1.165) is 10.4 Å². The molecule has 0 aliphatic heterocycles. The Morgan fingerprint density at radius 2 is 2.19 bits per heavy atom. The van der Waals surface area contributed by atoms with Gasteiger partial charge in [0.2, 0.25) is 5.91 Å². The summed E-state index contributed by atoms with van der Waals surface area (Å²) in [5, 5.41) is 14.1. The maximum atomic E-state index is 11.1. The average Bonchev–Trinajstić information content (AvgIpc) is 2.69. The van der Waals surface area contributed by atoms with Gasteiger partial charge in [-0.25, -0.2) is 0 Å². The lowest BCUT2D eigenvalue weighted by Gasteiger charge is -2.08. The number of anilines is 1. The van der Waals surface area contributed by atoms with Gasteiger partial charge >= 0.3 is 0 Å². The Kier molecular flexibility index (Phi) is 2.92. The number of phenolic OH excluding ortho intramolecular Hbond substituents is 1. The molecule has 2 rings (SSSR count). The third kappa shape index (κ3) is 2.23. The van der Waals surface area contributed by atoms with Gasteiger partial charge in [-0.15, -0.1) is 11.3 Å². The van der Waals surface area contributed by atoms with Crippen molar-refractivity contribution in [3.63, 3.8) is 0 Å². The number of hydrogen-bond donors (Lipinski definition) is 2. The molecular weight excluding hydrogens is 222 g/mol. The Morgan fingerprint density at radius 3 is 2.81 bits per heavy atom. The lowest BCUT2D eigenvalue weighted by atomic mass is 10.1. The van der Waals surface area contributed by atoms with Gasteiger partial charge in [-0.3, -0.25) is 4.79 Å². The zero-order valence-corrected chi connectivity index (χ0v) is 9.54. The van der Waals surface area contributed by atoms with Crippen LogP contribution in [0.2, 0.25) is 0 Å². The van der Waals surface area contributed by atoms with Crippen LogP contribution < -0.4 is 5.32 Å². The average molecular weight is 233 g/mol. The second kappa shape index (κ2) is 4.37. The highest BCUT2D eigenvalue weighted by molar-refractivity contribution is 7.13. The molecule has 3 nitrogen and oxygen atoms in total. The van der Waals surface area contributed by atoms with E-state index in [2.05, 4.69) is 5.32 Å². The topological polar surface area (TPSA) is 49.3 Å². The third-order valence-corrected chi connectivity index (χ3v) is 3.00. The lowest BCUT2D eigenvalue weighted by Crippen LogP contribution is -2.06. The monoisotopic (exact) mass is 233 g/mol. The van der Waals surface area contributed by atoms with Crippen LogP contribution in [0.3, 0.4) is 0 Å². The molecule has 0 bridgehead atoms. The summed E-state index contributed by atoms with van der Waals surface area (Å²) in [6.07, 6.45) is 0. The Bertz CT molecular complexity index is 506. The summed E-state index contributed by atoms with van der Waals surface area (Å²) in [6, 6.07) is 8.88. The second-order valence-electron chi connectivity index (χ2n) is 3.39. The number of carbonyl (C=O) groups excluding carboxylic acids is 1. The Morgan fingerprint density at radius 1 is 1.38 bits per heavy atom. The SMILES string of the molecule is CC(=O)Nc1cc(O)ccc1-c1cccs1. The van der Waals surface area contributed by atoms with E-state index in [9.17, 15) is 9.90 Å². The fraction of sp³-hybridized carbons (Fsp3) is 0.0833. The molecule has 2 aromatic rings. The van der Waals surface area contributed by atoms with Crippen molar-refractivity contribution in [2.75, 3.05) is 5.32 Å². The van der Waals surface area contributed by atoms with Gasteiger partial charge in [-0.2, -0.15) is 0 Å². The highest BCUT2D eigenvalue weighted by Gasteiger charge is 2.08. The minimum atomic E-state index is -0.150. The van der Waals surface area contributed by atoms with E-state index >= 15 is 0 Å². The summed E-state index contributed by atoms with van der Waals surface area (Å²) < 4.78 is 0. The van der Waals surface area contributed by atoms with E-state index in [-0.39, 0.29) is 11.7 Å². The molecule has 0 saturated heterocycles. The van der Waals surface area contributed by atoms with Gasteiger partial charge in [0.15, 0.2) is 0 Å². The predicted molar refractivity (Wildman–Crippen MR) is 65.7 cm³/mol. The van der Waals surface area contributed by atoms with Gasteiger partial charge in [0.05, 0.1) is 5.69 Å². The molecule has 82 valence electrons. The van der Waals surface area contributed by atoms with Crippen molar-refractivity contribution in [3.05, 3.63) is 35.7 Å². The number of benzene rings is 1. The molecule has 4 heteroatoms.